The second-order valence-electron chi connectivity index (χ2n) is 9.26. The van der Waals surface area contributed by atoms with E-state index in [0.717, 1.165) is 18.4 Å². The van der Waals surface area contributed by atoms with Crippen LogP contribution in [0.15, 0.2) is 29.2 Å². The summed E-state index contributed by atoms with van der Waals surface area (Å²) < 4.78 is 27.6. The van der Waals surface area contributed by atoms with Gasteiger partial charge in [-0.3, -0.25) is 4.79 Å². The molecule has 0 amide bonds. The van der Waals surface area contributed by atoms with Crippen LogP contribution in [0.5, 0.6) is 0 Å². The number of aryl methyl sites for hydroxylation is 1. The van der Waals surface area contributed by atoms with E-state index in [4.69, 9.17) is 0 Å². The van der Waals surface area contributed by atoms with Crippen LogP contribution in [-0.2, 0) is 14.8 Å². The van der Waals surface area contributed by atoms with Gasteiger partial charge in [0.2, 0.25) is 10.0 Å². The van der Waals surface area contributed by atoms with Gasteiger partial charge in [0, 0.05) is 30.8 Å². The average Bonchev–Trinajstić information content (AvgIpc) is 2.63. The monoisotopic (exact) mass is 417 g/mol. The molecule has 152 valence electrons. The topological polar surface area (TPSA) is 54.5 Å². The molecule has 1 heterocycles. The summed E-state index contributed by atoms with van der Waals surface area (Å²) in [5.41, 5.74) is 4.04. The highest BCUT2D eigenvalue weighted by Crippen LogP contribution is 2.47. The fourth-order valence-electron chi connectivity index (χ4n) is 4.31. The van der Waals surface area contributed by atoms with Crippen LogP contribution in [0, 0.1) is 29.7 Å². The molecule has 2 aliphatic rings. The zero-order chi connectivity index (χ0) is 20.6. The summed E-state index contributed by atoms with van der Waals surface area (Å²) in [6.45, 7) is 9.38. The van der Waals surface area contributed by atoms with Gasteiger partial charge in [-0.05, 0) is 44.7 Å². The smallest absolute Gasteiger partial charge is 0.243 e. The highest BCUT2D eigenvalue weighted by Gasteiger charge is 2.49. The predicted octanol–water partition coefficient (Wildman–Crippen LogP) is 4.02. The average molecular weight is 418 g/mol. The number of hydrogen-bond donors (Lipinski definition) is 0. The molecule has 0 unspecified atom stereocenters. The van der Waals surface area contributed by atoms with Crippen molar-refractivity contribution in [1.82, 2.24) is 4.31 Å². The van der Waals surface area contributed by atoms with Gasteiger partial charge in [0.25, 0.3) is 0 Å². The molecule has 2 fully saturated rings. The maximum Gasteiger partial charge on any atom is 0.243 e. The highest BCUT2D eigenvalue weighted by atomic mass is 32.2. The van der Waals surface area contributed by atoms with Crippen LogP contribution in [0.1, 0.15) is 37.7 Å². The van der Waals surface area contributed by atoms with Gasteiger partial charge in [-0.2, -0.15) is 4.31 Å². The van der Waals surface area contributed by atoms with Crippen molar-refractivity contribution in [2.75, 3.05) is 13.1 Å². The molecular formula is C22H31NO3SSi. The van der Waals surface area contributed by atoms with E-state index >= 15 is 0 Å². The molecule has 1 saturated carbocycles. The summed E-state index contributed by atoms with van der Waals surface area (Å²) in [4.78, 5) is 13.3. The van der Waals surface area contributed by atoms with Crippen molar-refractivity contribution in [3.63, 3.8) is 0 Å². The Balaban J connectivity index is 1.82. The first-order chi connectivity index (χ1) is 13.0. The standard InChI is InChI=1S/C22H31NO3SSi/c1-18-8-10-20(11-9-18)27(25,26)23-15-13-22(14-16-23)19(6-5-7-21(22)24)12-17-28(2,3)4/h8-11,19H,5-7,13-16H2,1-4H3/t19-/m1/s1. The molecule has 1 aromatic rings. The lowest BCUT2D eigenvalue weighted by atomic mass is 9.61. The summed E-state index contributed by atoms with van der Waals surface area (Å²) in [7, 11) is -5.03. The van der Waals surface area contributed by atoms with Gasteiger partial charge in [-0.1, -0.05) is 37.3 Å². The number of ketones is 1. The Morgan fingerprint density at radius 3 is 2.29 bits per heavy atom. The molecule has 1 aliphatic carbocycles. The Morgan fingerprint density at radius 2 is 1.71 bits per heavy atom. The van der Waals surface area contributed by atoms with Gasteiger partial charge in [-0.15, -0.1) is 11.5 Å². The van der Waals surface area contributed by atoms with Crippen molar-refractivity contribution in [1.29, 1.82) is 0 Å². The molecule has 1 spiro atoms. The van der Waals surface area contributed by atoms with Crippen molar-refractivity contribution in [3.8, 4) is 11.5 Å². The van der Waals surface area contributed by atoms with Crippen molar-refractivity contribution in [3.05, 3.63) is 29.8 Å². The van der Waals surface area contributed by atoms with E-state index in [2.05, 4.69) is 31.1 Å². The van der Waals surface area contributed by atoms with E-state index in [-0.39, 0.29) is 5.92 Å². The minimum absolute atomic E-state index is 0.0738. The molecule has 0 N–H and O–H groups in total. The number of Topliss-reactive ketones (excluding diaryl/α,β-unsaturated/α-hetero) is 1. The Bertz CT molecular complexity index is 896. The van der Waals surface area contributed by atoms with E-state index in [1.54, 1.807) is 16.4 Å². The maximum atomic E-state index is 13.0. The Hall–Kier alpha value is -1.42. The summed E-state index contributed by atoms with van der Waals surface area (Å²) in [5.74, 6) is 3.83. The Labute approximate surface area is 170 Å². The van der Waals surface area contributed by atoms with Gasteiger partial charge in [-0.25, -0.2) is 8.42 Å². The molecule has 1 aromatic carbocycles. The zero-order valence-corrected chi connectivity index (χ0v) is 19.2. The lowest BCUT2D eigenvalue weighted by molar-refractivity contribution is -0.136. The molecule has 3 rings (SSSR count). The first kappa shape index (κ1) is 21.3. The van der Waals surface area contributed by atoms with Gasteiger partial charge < -0.3 is 0 Å². The fourth-order valence-corrected chi connectivity index (χ4v) is 6.36. The number of benzene rings is 1. The first-order valence-electron chi connectivity index (χ1n) is 10.2. The largest absolute Gasteiger partial charge is 0.299 e. The van der Waals surface area contributed by atoms with Crippen molar-refractivity contribution in [2.24, 2.45) is 11.3 Å². The maximum absolute atomic E-state index is 13.0. The molecular weight excluding hydrogens is 386 g/mol. The minimum Gasteiger partial charge on any atom is -0.299 e. The van der Waals surface area contributed by atoms with Crippen LogP contribution in [0.4, 0.5) is 0 Å². The molecule has 0 bridgehead atoms. The lowest BCUT2D eigenvalue weighted by Gasteiger charge is -2.45. The summed E-state index contributed by atoms with van der Waals surface area (Å²) >= 11 is 0. The van der Waals surface area contributed by atoms with Crippen molar-refractivity contribution >= 4 is 23.9 Å². The number of carbonyl (C=O) groups excluding carboxylic acids is 1. The molecule has 1 atom stereocenters. The van der Waals surface area contributed by atoms with Crippen LogP contribution in [0.2, 0.25) is 19.6 Å². The Kier molecular flexibility index (Phi) is 5.91. The van der Waals surface area contributed by atoms with E-state index in [9.17, 15) is 13.2 Å². The molecule has 4 nitrogen and oxygen atoms in total. The van der Waals surface area contributed by atoms with Crippen LogP contribution < -0.4 is 0 Å². The number of carbonyl (C=O) groups is 1. The van der Waals surface area contributed by atoms with Gasteiger partial charge in [0.05, 0.1) is 4.90 Å². The molecule has 0 aromatic heterocycles. The number of rotatable bonds is 2. The highest BCUT2D eigenvalue weighted by molar-refractivity contribution is 7.89. The first-order valence-corrected chi connectivity index (χ1v) is 15.1. The second kappa shape index (κ2) is 7.77. The molecule has 1 saturated heterocycles. The van der Waals surface area contributed by atoms with Crippen molar-refractivity contribution in [2.45, 2.75) is 63.6 Å². The number of sulfonamides is 1. The van der Waals surface area contributed by atoms with Crippen molar-refractivity contribution < 1.29 is 13.2 Å². The summed E-state index contributed by atoms with van der Waals surface area (Å²) in [5, 5.41) is 0. The third-order valence-corrected chi connectivity index (χ3v) is 8.82. The molecule has 1 aliphatic heterocycles. The fraction of sp³-hybridized carbons (Fsp3) is 0.591. The summed E-state index contributed by atoms with van der Waals surface area (Å²) in [6.07, 6.45) is 3.63. The second-order valence-corrected chi connectivity index (χ2v) is 15.9. The third kappa shape index (κ3) is 4.27. The SMILES string of the molecule is Cc1ccc(S(=O)(=O)N2CCC3(CC2)C(=O)CCC[C@@H]3C#C[Si](C)(C)C)cc1. The van der Waals surface area contributed by atoms with E-state index in [0.29, 0.717) is 43.0 Å². The third-order valence-electron chi connectivity index (χ3n) is 6.01. The van der Waals surface area contributed by atoms with Gasteiger partial charge in [0.1, 0.15) is 13.9 Å². The number of piperidine rings is 1. The van der Waals surface area contributed by atoms with Crippen LogP contribution >= 0.6 is 0 Å². The van der Waals surface area contributed by atoms with E-state index < -0.39 is 23.5 Å². The minimum atomic E-state index is -3.51. The predicted molar refractivity (Wildman–Crippen MR) is 115 cm³/mol. The van der Waals surface area contributed by atoms with E-state index in [1.807, 2.05) is 19.1 Å². The van der Waals surface area contributed by atoms with Gasteiger partial charge in [0.15, 0.2) is 0 Å². The molecule has 28 heavy (non-hydrogen) atoms. The summed E-state index contributed by atoms with van der Waals surface area (Å²) in [6, 6.07) is 6.99. The molecule has 0 radical (unpaired) electrons. The Morgan fingerprint density at radius 1 is 1.11 bits per heavy atom. The van der Waals surface area contributed by atoms with Crippen LogP contribution in [0.25, 0.3) is 0 Å². The quantitative estimate of drug-likeness (QED) is 0.539. The zero-order valence-electron chi connectivity index (χ0n) is 17.4. The van der Waals surface area contributed by atoms with Crippen LogP contribution in [-0.4, -0.2) is 39.7 Å². The molecule has 6 heteroatoms. The van der Waals surface area contributed by atoms with Gasteiger partial charge >= 0.3 is 0 Å². The number of hydrogen-bond acceptors (Lipinski definition) is 3. The van der Waals surface area contributed by atoms with Crippen LogP contribution in [0.3, 0.4) is 0 Å². The van der Waals surface area contributed by atoms with E-state index in [1.165, 1.54) is 0 Å². The lowest BCUT2D eigenvalue weighted by Crippen LogP contribution is -2.51. The number of nitrogens with zero attached hydrogens (tertiary/aromatic N) is 1. The normalized spacial score (nSPS) is 23.3.